The van der Waals surface area contributed by atoms with Gasteiger partial charge in [-0.25, -0.2) is 23.4 Å². The number of anilines is 1. The van der Waals surface area contributed by atoms with Gasteiger partial charge in [0, 0.05) is 38.3 Å². The average molecular weight is 373 g/mol. The van der Waals surface area contributed by atoms with Crippen LogP contribution in [0.25, 0.3) is 11.2 Å². The van der Waals surface area contributed by atoms with Gasteiger partial charge in [-0.05, 0) is 25.1 Å². The molecule has 140 valence electrons. The van der Waals surface area contributed by atoms with E-state index >= 15 is 0 Å². The lowest BCUT2D eigenvalue weighted by molar-refractivity contribution is 0.0746. The number of aryl methyl sites for hydroxylation is 1. The van der Waals surface area contributed by atoms with Crippen molar-refractivity contribution in [3.05, 3.63) is 41.7 Å². The van der Waals surface area contributed by atoms with Crippen LogP contribution in [0.1, 0.15) is 17.3 Å². The molecule has 2 aromatic heterocycles. The molecule has 0 spiro atoms. The summed E-state index contributed by atoms with van der Waals surface area (Å²) < 4.78 is 28.2. The van der Waals surface area contributed by atoms with Crippen molar-refractivity contribution in [1.82, 2.24) is 29.9 Å². The van der Waals surface area contributed by atoms with Gasteiger partial charge in [0.25, 0.3) is 5.91 Å². The number of halogens is 2. The second kappa shape index (κ2) is 6.86. The van der Waals surface area contributed by atoms with Crippen LogP contribution in [-0.4, -0.2) is 61.9 Å². The topological polar surface area (TPSA) is 80.0 Å². The Kier molecular flexibility index (Phi) is 4.38. The first-order chi connectivity index (χ1) is 13.1. The van der Waals surface area contributed by atoms with Crippen molar-refractivity contribution in [2.45, 2.75) is 13.5 Å². The maximum absolute atomic E-state index is 13.4. The Morgan fingerprint density at radius 1 is 1.11 bits per heavy atom. The lowest BCUT2D eigenvalue weighted by Crippen LogP contribution is -2.49. The highest BCUT2D eigenvalue weighted by Gasteiger charge is 2.25. The number of benzene rings is 1. The van der Waals surface area contributed by atoms with E-state index in [-0.39, 0.29) is 11.5 Å². The van der Waals surface area contributed by atoms with Crippen molar-refractivity contribution in [3.63, 3.8) is 0 Å². The predicted molar refractivity (Wildman–Crippen MR) is 93.3 cm³/mol. The Hall–Kier alpha value is -3.17. The van der Waals surface area contributed by atoms with Crippen LogP contribution in [0.5, 0.6) is 0 Å². The third-order valence-corrected chi connectivity index (χ3v) is 4.61. The molecule has 8 nitrogen and oxygen atoms in total. The zero-order valence-corrected chi connectivity index (χ0v) is 14.6. The molecule has 0 unspecified atom stereocenters. The van der Waals surface area contributed by atoms with Crippen LogP contribution in [-0.2, 0) is 6.54 Å². The zero-order valence-electron chi connectivity index (χ0n) is 14.6. The minimum atomic E-state index is -1.03. The molecule has 1 aromatic carbocycles. The van der Waals surface area contributed by atoms with Crippen molar-refractivity contribution in [1.29, 1.82) is 0 Å². The molecule has 0 aliphatic carbocycles. The summed E-state index contributed by atoms with van der Waals surface area (Å²) >= 11 is 0. The summed E-state index contributed by atoms with van der Waals surface area (Å²) in [7, 11) is 0. The predicted octanol–water partition coefficient (Wildman–Crippen LogP) is 1.48. The van der Waals surface area contributed by atoms with Crippen molar-refractivity contribution in [3.8, 4) is 0 Å². The number of piperazine rings is 1. The molecule has 3 aromatic rings. The third kappa shape index (κ3) is 3.07. The molecule has 0 saturated carbocycles. The largest absolute Gasteiger partial charge is 0.351 e. The fourth-order valence-corrected chi connectivity index (χ4v) is 3.16. The second-order valence-electron chi connectivity index (χ2n) is 6.18. The van der Waals surface area contributed by atoms with Crippen LogP contribution in [0.4, 0.5) is 14.6 Å². The van der Waals surface area contributed by atoms with Crippen LogP contribution in [0.3, 0.4) is 0 Å². The van der Waals surface area contributed by atoms with Crippen molar-refractivity contribution < 1.29 is 13.6 Å². The minimum absolute atomic E-state index is 0.137. The van der Waals surface area contributed by atoms with Gasteiger partial charge >= 0.3 is 0 Å². The lowest BCUT2D eigenvalue weighted by atomic mass is 10.1. The summed E-state index contributed by atoms with van der Waals surface area (Å²) in [6.07, 6.45) is 1.48. The monoisotopic (exact) mass is 373 g/mol. The smallest absolute Gasteiger partial charge is 0.254 e. The van der Waals surface area contributed by atoms with E-state index in [9.17, 15) is 13.6 Å². The number of carbonyl (C=O) groups is 1. The highest BCUT2D eigenvalue weighted by atomic mass is 19.2. The Labute approximate surface area is 153 Å². The molecule has 1 aliphatic heterocycles. The first-order valence-electron chi connectivity index (χ1n) is 8.62. The molecule has 1 amide bonds. The van der Waals surface area contributed by atoms with E-state index in [4.69, 9.17) is 0 Å². The number of aromatic nitrogens is 5. The zero-order chi connectivity index (χ0) is 19.0. The molecule has 1 saturated heterocycles. The number of carbonyl (C=O) groups excluding carboxylic acids is 1. The summed E-state index contributed by atoms with van der Waals surface area (Å²) in [6.45, 7) is 4.57. The molecule has 0 atom stereocenters. The fourth-order valence-electron chi connectivity index (χ4n) is 3.16. The van der Waals surface area contributed by atoms with Gasteiger partial charge in [-0.3, -0.25) is 4.79 Å². The summed E-state index contributed by atoms with van der Waals surface area (Å²) in [5.41, 5.74) is 1.43. The Morgan fingerprint density at radius 2 is 1.89 bits per heavy atom. The fraction of sp³-hybridized carbons (Fsp3) is 0.353. The van der Waals surface area contributed by atoms with Crippen LogP contribution in [0, 0.1) is 11.6 Å². The van der Waals surface area contributed by atoms with Gasteiger partial charge in [-0.15, -0.1) is 5.10 Å². The van der Waals surface area contributed by atoms with Gasteiger partial charge in [-0.1, -0.05) is 5.21 Å². The van der Waals surface area contributed by atoms with E-state index in [1.807, 2.05) is 11.8 Å². The van der Waals surface area contributed by atoms with Crippen molar-refractivity contribution >= 4 is 22.9 Å². The van der Waals surface area contributed by atoms with E-state index in [0.29, 0.717) is 49.7 Å². The van der Waals surface area contributed by atoms with E-state index in [2.05, 4.69) is 20.3 Å². The number of fused-ring (bicyclic) bond motifs is 1. The van der Waals surface area contributed by atoms with Gasteiger partial charge in [-0.2, -0.15) is 0 Å². The Balaban J connectivity index is 1.50. The van der Waals surface area contributed by atoms with Crippen LogP contribution < -0.4 is 4.90 Å². The molecule has 0 radical (unpaired) electrons. The minimum Gasteiger partial charge on any atom is -0.351 e. The number of nitrogens with zero attached hydrogens (tertiary/aromatic N) is 7. The summed E-state index contributed by atoms with van der Waals surface area (Å²) in [5.74, 6) is -1.64. The standard InChI is InChI=1S/C17H17F2N7O/c1-2-26-16-14(22-23-26)15(20-10-21-16)24-5-7-25(8-6-24)17(27)11-3-4-12(18)13(19)9-11/h3-4,9-10H,2,5-8H2,1H3. The van der Waals surface area contributed by atoms with E-state index in [0.717, 1.165) is 12.1 Å². The van der Waals surface area contributed by atoms with Crippen molar-refractivity contribution in [2.24, 2.45) is 0 Å². The first kappa shape index (κ1) is 17.3. The second-order valence-corrected chi connectivity index (χ2v) is 6.18. The van der Waals surface area contributed by atoms with E-state index in [1.165, 1.54) is 12.4 Å². The molecule has 10 heteroatoms. The molecule has 0 N–H and O–H groups in total. The van der Waals surface area contributed by atoms with Gasteiger partial charge < -0.3 is 9.80 Å². The first-order valence-corrected chi connectivity index (χ1v) is 8.62. The summed E-state index contributed by atoms with van der Waals surface area (Å²) in [4.78, 5) is 24.7. The highest BCUT2D eigenvalue weighted by Crippen LogP contribution is 2.22. The Bertz CT molecular complexity index is 998. The normalized spacial score (nSPS) is 14.8. The van der Waals surface area contributed by atoms with Gasteiger partial charge in [0.05, 0.1) is 0 Å². The number of hydrogen-bond acceptors (Lipinski definition) is 6. The lowest BCUT2D eigenvalue weighted by Gasteiger charge is -2.35. The molecule has 27 heavy (non-hydrogen) atoms. The molecule has 3 heterocycles. The summed E-state index contributed by atoms with van der Waals surface area (Å²) in [6, 6.07) is 3.19. The third-order valence-electron chi connectivity index (χ3n) is 4.61. The highest BCUT2D eigenvalue weighted by molar-refractivity contribution is 5.94. The van der Waals surface area contributed by atoms with E-state index < -0.39 is 11.6 Å². The van der Waals surface area contributed by atoms with E-state index in [1.54, 1.807) is 9.58 Å². The quantitative estimate of drug-likeness (QED) is 0.692. The molecular weight excluding hydrogens is 356 g/mol. The van der Waals surface area contributed by atoms with Gasteiger partial charge in [0.2, 0.25) is 0 Å². The molecule has 4 rings (SSSR count). The number of rotatable bonds is 3. The maximum Gasteiger partial charge on any atom is 0.254 e. The van der Waals surface area contributed by atoms with Gasteiger partial charge in [0.15, 0.2) is 28.6 Å². The number of amides is 1. The van der Waals surface area contributed by atoms with Crippen LogP contribution in [0.15, 0.2) is 24.5 Å². The Morgan fingerprint density at radius 3 is 2.59 bits per heavy atom. The maximum atomic E-state index is 13.4. The number of hydrogen-bond donors (Lipinski definition) is 0. The summed E-state index contributed by atoms with van der Waals surface area (Å²) in [5, 5.41) is 8.25. The molecular formula is C17H17F2N7O. The SMILES string of the molecule is CCn1nnc2c(N3CCN(C(=O)c4ccc(F)c(F)c4)CC3)ncnc21. The van der Waals surface area contributed by atoms with Crippen LogP contribution >= 0.6 is 0 Å². The molecule has 1 aliphatic rings. The van der Waals surface area contributed by atoms with Crippen molar-refractivity contribution in [2.75, 3.05) is 31.1 Å². The molecule has 1 fully saturated rings. The van der Waals surface area contributed by atoms with Crippen LogP contribution in [0.2, 0.25) is 0 Å². The van der Waals surface area contributed by atoms with Gasteiger partial charge in [0.1, 0.15) is 6.33 Å². The molecule has 0 bridgehead atoms. The average Bonchev–Trinajstić information content (AvgIpc) is 3.13.